The Balaban J connectivity index is 2.41. The highest BCUT2D eigenvalue weighted by atomic mass is 79.9. The molecular weight excluding hydrogens is 304 g/mol. The predicted octanol–water partition coefficient (Wildman–Crippen LogP) is 4.18. The van der Waals surface area contributed by atoms with Crippen LogP contribution in [0.1, 0.15) is 5.56 Å². The first-order chi connectivity index (χ1) is 8.08. The van der Waals surface area contributed by atoms with Crippen molar-refractivity contribution >= 4 is 33.2 Å². The van der Waals surface area contributed by atoms with E-state index in [0.29, 0.717) is 26.7 Å². The Kier molecular flexibility index (Phi) is 3.54. The van der Waals surface area contributed by atoms with Crippen LogP contribution in [0, 0.1) is 6.92 Å². The highest BCUT2D eigenvalue weighted by Gasteiger charge is 2.10. The van der Waals surface area contributed by atoms with Gasteiger partial charge in [0.15, 0.2) is 5.75 Å². The van der Waals surface area contributed by atoms with Gasteiger partial charge in [-0.25, -0.2) is 0 Å². The van der Waals surface area contributed by atoms with E-state index in [-0.39, 0.29) is 0 Å². The molecule has 0 fully saturated rings. The van der Waals surface area contributed by atoms with Crippen molar-refractivity contribution in [3.63, 3.8) is 0 Å². The summed E-state index contributed by atoms with van der Waals surface area (Å²) in [6.45, 7) is 1.97. The number of hydrogen-bond donors (Lipinski definition) is 1. The summed E-state index contributed by atoms with van der Waals surface area (Å²) in [6, 6.07) is 5.56. The SMILES string of the molecule is Cc1ccc(Cl)c(Oc2c(N)cncc2Br)c1. The first kappa shape index (κ1) is 12.2. The molecule has 0 aliphatic carbocycles. The lowest BCUT2D eigenvalue weighted by Crippen LogP contribution is -1.95. The quantitative estimate of drug-likeness (QED) is 0.904. The number of aryl methyl sites for hydroxylation is 1. The van der Waals surface area contributed by atoms with Crippen LogP contribution in [0.5, 0.6) is 11.5 Å². The summed E-state index contributed by atoms with van der Waals surface area (Å²) in [6.07, 6.45) is 3.15. The van der Waals surface area contributed by atoms with Gasteiger partial charge in [-0.05, 0) is 40.5 Å². The zero-order chi connectivity index (χ0) is 12.4. The van der Waals surface area contributed by atoms with E-state index in [2.05, 4.69) is 20.9 Å². The number of nitrogens with zero attached hydrogens (tertiary/aromatic N) is 1. The number of pyridine rings is 1. The van der Waals surface area contributed by atoms with E-state index in [1.807, 2.05) is 19.1 Å². The molecule has 0 aliphatic rings. The number of benzene rings is 1. The van der Waals surface area contributed by atoms with Crippen molar-refractivity contribution in [3.05, 3.63) is 45.7 Å². The summed E-state index contributed by atoms with van der Waals surface area (Å²) in [5.74, 6) is 1.10. The molecule has 2 rings (SSSR count). The zero-order valence-electron chi connectivity index (χ0n) is 9.08. The van der Waals surface area contributed by atoms with Gasteiger partial charge < -0.3 is 10.5 Å². The molecule has 0 unspecified atom stereocenters. The fourth-order valence-electron chi connectivity index (χ4n) is 1.34. The molecule has 1 aromatic heterocycles. The van der Waals surface area contributed by atoms with E-state index >= 15 is 0 Å². The summed E-state index contributed by atoms with van der Waals surface area (Å²) >= 11 is 9.39. The first-order valence-electron chi connectivity index (χ1n) is 4.91. The van der Waals surface area contributed by atoms with Crippen LogP contribution in [0.4, 0.5) is 5.69 Å². The van der Waals surface area contributed by atoms with Crippen LogP contribution < -0.4 is 10.5 Å². The average Bonchev–Trinajstić information content (AvgIpc) is 2.28. The largest absolute Gasteiger partial charge is 0.452 e. The van der Waals surface area contributed by atoms with E-state index < -0.39 is 0 Å². The smallest absolute Gasteiger partial charge is 0.167 e. The lowest BCUT2D eigenvalue weighted by Gasteiger charge is -2.11. The number of ether oxygens (including phenoxy) is 1. The standard InChI is InChI=1S/C12H10BrClN2O/c1-7-2-3-9(14)11(4-7)17-12-8(13)5-16-6-10(12)15/h2-6H,15H2,1H3. The molecule has 0 amide bonds. The maximum Gasteiger partial charge on any atom is 0.167 e. The minimum atomic E-state index is 0.456. The van der Waals surface area contributed by atoms with Crippen LogP contribution in [0.25, 0.3) is 0 Å². The molecule has 2 N–H and O–H groups in total. The molecule has 0 atom stereocenters. The number of nitrogen functional groups attached to an aromatic ring is 1. The van der Waals surface area contributed by atoms with Gasteiger partial charge in [-0.3, -0.25) is 4.98 Å². The van der Waals surface area contributed by atoms with Crippen molar-refractivity contribution in [2.45, 2.75) is 6.92 Å². The van der Waals surface area contributed by atoms with Crippen LogP contribution in [0.15, 0.2) is 35.1 Å². The first-order valence-corrected chi connectivity index (χ1v) is 6.08. The predicted molar refractivity (Wildman–Crippen MR) is 72.6 cm³/mol. The number of rotatable bonds is 2. The Bertz CT molecular complexity index is 540. The molecule has 2 aromatic rings. The molecule has 1 aromatic carbocycles. The molecule has 17 heavy (non-hydrogen) atoms. The molecule has 5 heteroatoms. The topological polar surface area (TPSA) is 48.1 Å². The summed E-state index contributed by atoms with van der Waals surface area (Å²) in [5.41, 5.74) is 7.32. The monoisotopic (exact) mass is 312 g/mol. The van der Waals surface area contributed by atoms with Crippen molar-refractivity contribution in [1.29, 1.82) is 0 Å². The molecule has 88 valence electrons. The molecule has 0 bridgehead atoms. The Morgan fingerprint density at radius 2 is 2.12 bits per heavy atom. The summed E-state index contributed by atoms with van der Waals surface area (Å²) in [5, 5.41) is 0.540. The molecule has 0 radical (unpaired) electrons. The maximum atomic E-state index is 6.05. The molecule has 0 aliphatic heterocycles. The second-order valence-corrected chi connectivity index (χ2v) is 4.84. The molecule has 0 saturated heterocycles. The number of aromatic nitrogens is 1. The average molecular weight is 314 g/mol. The highest BCUT2D eigenvalue weighted by Crippen LogP contribution is 2.37. The Hall–Kier alpha value is -1.26. The van der Waals surface area contributed by atoms with Crippen LogP contribution in [-0.2, 0) is 0 Å². The Morgan fingerprint density at radius 1 is 1.35 bits per heavy atom. The number of nitrogens with two attached hydrogens (primary N) is 1. The van der Waals surface area contributed by atoms with Gasteiger partial charge in [0.2, 0.25) is 0 Å². The second kappa shape index (κ2) is 4.94. The highest BCUT2D eigenvalue weighted by molar-refractivity contribution is 9.10. The second-order valence-electron chi connectivity index (χ2n) is 3.58. The molecule has 3 nitrogen and oxygen atoms in total. The van der Waals surface area contributed by atoms with Gasteiger partial charge in [0.05, 0.1) is 21.4 Å². The minimum absolute atomic E-state index is 0.456. The number of halogens is 2. The third-order valence-corrected chi connectivity index (χ3v) is 3.06. The van der Waals surface area contributed by atoms with E-state index in [1.165, 1.54) is 6.20 Å². The minimum Gasteiger partial charge on any atom is -0.452 e. The van der Waals surface area contributed by atoms with Crippen LogP contribution in [-0.4, -0.2) is 4.98 Å². The van der Waals surface area contributed by atoms with Gasteiger partial charge in [-0.15, -0.1) is 0 Å². The molecule has 0 saturated carbocycles. The molecule has 1 heterocycles. The van der Waals surface area contributed by atoms with Crippen LogP contribution in [0.3, 0.4) is 0 Å². The van der Waals surface area contributed by atoms with Crippen LogP contribution >= 0.6 is 27.5 Å². The summed E-state index contributed by atoms with van der Waals surface area (Å²) in [7, 11) is 0. The number of hydrogen-bond acceptors (Lipinski definition) is 3. The van der Waals surface area contributed by atoms with Gasteiger partial charge in [-0.1, -0.05) is 17.7 Å². The van der Waals surface area contributed by atoms with E-state index in [1.54, 1.807) is 12.3 Å². The van der Waals surface area contributed by atoms with Crippen molar-refractivity contribution < 1.29 is 4.74 Å². The van der Waals surface area contributed by atoms with Gasteiger partial charge in [0, 0.05) is 6.20 Å². The Morgan fingerprint density at radius 3 is 2.82 bits per heavy atom. The van der Waals surface area contributed by atoms with Crippen molar-refractivity contribution in [1.82, 2.24) is 4.98 Å². The van der Waals surface area contributed by atoms with Crippen molar-refractivity contribution in [3.8, 4) is 11.5 Å². The summed E-state index contributed by atoms with van der Waals surface area (Å²) in [4.78, 5) is 3.94. The molecular formula is C12H10BrClN2O. The fourth-order valence-corrected chi connectivity index (χ4v) is 1.93. The third kappa shape index (κ3) is 2.70. The van der Waals surface area contributed by atoms with Crippen molar-refractivity contribution in [2.24, 2.45) is 0 Å². The zero-order valence-corrected chi connectivity index (χ0v) is 11.4. The lowest BCUT2D eigenvalue weighted by molar-refractivity contribution is 0.481. The number of anilines is 1. The molecule has 0 spiro atoms. The maximum absolute atomic E-state index is 6.05. The van der Waals surface area contributed by atoms with Gasteiger partial charge in [-0.2, -0.15) is 0 Å². The van der Waals surface area contributed by atoms with Crippen molar-refractivity contribution in [2.75, 3.05) is 5.73 Å². The summed E-state index contributed by atoms with van der Waals surface area (Å²) < 4.78 is 6.40. The Labute approximate surface area is 113 Å². The van der Waals surface area contributed by atoms with Crippen LogP contribution in [0.2, 0.25) is 5.02 Å². The normalized spacial score (nSPS) is 10.3. The van der Waals surface area contributed by atoms with E-state index in [9.17, 15) is 0 Å². The van der Waals surface area contributed by atoms with Gasteiger partial charge >= 0.3 is 0 Å². The fraction of sp³-hybridized carbons (Fsp3) is 0.0833. The third-order valence-electron chi connectivity index (χ3n) is 2.18. The van der Waals surface area contributed by atoms with E-state index in [0.717, 1.165) is 5.56 Å². The van der Waals surface area contributed by atoms with Gasteiger partial charge in [0.25, 0.3) is 0 Å². The van der Waals surface area contributed by atoms with E-state index in [4.69, 9.17) is 22.1 Å². The lowest BCUT2D eigenvalue weighted by atomic mass is 10.2. The van der Waals surface area contributed by atoms with Gasteiger partial charge in [0.1, 0.15) is 5.75 Å².